The van der Waals surface area contributed by atoms with Crippen LogP contribution in [-0.2, 0) is 9.47 Å². The molecule has 0 spiro atoms. The van der Waals surface area contributed by atoms with Crippen molar-refractivity contribution in [2.45, 2.75) is 38.3 Å². The van der Waals surface area contributed by atoms with Gasteiger partial charge >= 0.3 is 0 Å². The molecule has 112 valence electrons. The second-order valence-corrected chi connectivity index (χ2v) is 5.93. The van der Waals surface area contributed by atoms with Gasteiger partial charge in [0.15, 0.2) is 18.4 Å². The molecule has 0 bridgehead atoms. The minimum Gasteiger partial charge on any atom is -0.382 e. The van der Waals surface area contributed by atoms with Gasteiger partial charge in [-0.1, -0.05) is 0 Å². The zero-order valence-corrected chi connectivity index (χ0v) is 12.0. The fourth-order valence-corrected chi connectivity index (χ4v) is 2.60. The number of aliphatic hydroxyl groups is 2. The van der Waals surface area contributed by atoms with Gasteiger partial charge in [0.2, 0.25) is 0 Å². The SMILES string of the molecule is CC(COCCOC(C)[NH+]1CC(O)C1)[NH+]1CC(O)C1. The van der Waals surface area contributed by atoms with Gasteiger partial charge in [0.1, 0.15) is 32.2 Å². The first kappa shape index (κ1) is 15.2. The van der Waals surface area contributed by atoms with Crippen LogP contribution in [0.25, 0.3) is 0 Å². The van der Waals surface area contributed by atoms with Gasteiger partial charge in [-0.15, -0.1) is 0 Å². The van der Waals surface area contributed by atoms with E-state index in [0.29, 0.717) is 19.3 Å². The largest absolute Gasteiger partial charge is 0.382 e. The molecule has 0 aromatic rings. The van der Waals surface area contributed by atoms with E-state index in [9.17, 15) is 10.2 Å². The van der Waals surface area contributed by atoms with Crippen LogP contribution < -0.4 is 9.80 Å². The Bertz CT molecular complexity index is 241. The number of likely N-dealkylation sites (tertiary alicyclic amines) is 2. The topological polar surface area (TPSA) is 67.8 Å². The number of ether oxygens (including phenoxy) is 2. The van der Waals surface area contributed by atoms with Crippen LogP contribution in [0, 0.1) is 0 Å². The Balaban J connectivity index is 1.43. The highest BCUT2D eigenvalue weighted by molar-refractivity contribution is 4.62. The molecule has 2 aliphatic heterocycles. The Morgan fingerprint density at radius 1 is 1.00 bits per heavy atom. The van der Waals surface area contributed by atoms with Crippen LogP contribution in [0.4, 0.5) is 0 Å². The molecule has 6 nitrogen and oxygen atoms in total. The molecule has 6 heteroatoms. The average molecular weight is 276 g/mol. The van der Waals surface area contributed by atoms with E-state index in [2.05, 4.69) is 6.92 Å². The number of rotatable bonds is 8. The standard InChI is InChI=1S/C13H26N2O4/c1-10(14-5-12(16)6-14)9-18-3-4-19-11(2)15-7-13(17)8-15/h10-13,16-17H,3-9H2,1-2H3/p+2. The summed E-state index contributed by atoms with van der Waals surface area (Å²) in [6, 6.07) is 0.442. The third-order valence-electron chi connectivity index (χ3n) is 4.23. The zero-order chi connectivity index (χ0) is 13.8. The van der Waals surface area contributed by atoms with E-state index in [0.717, 1.165) is 32.8 Å². The molecule has 0 aromatic carbocycles. The molecule has 2 atom stereocenters. The van der Waals surface area contributed by atoms with E-state index in [1.54, 1.807) is 0 Å². The summed E-state index contributed by atoms with van der Waals surface area (Å²) in [7, 11) is 0. The smallest absolute Gasteiger partial charge is 0.189 e. The molecule has 2 unspecified atom stereocenters. The molecule has 2 heterocycles. The molecule has 2 aliphatic rings. The van der Waals surface area contributed by atoms with Crippen LogP contribution >= 0.6 is 0 Å². The first-order valence-electron chi connectivity index (χ1n) is 7.31. The van der Waals surface area contributed by atoms with Gasteiger partial charge in [-0.3, -0.25) is 0 Å². The lowest BCUT2D eigenvalue weighted by Crippen LogP contribution is -3.24. The molecule has 0 saturated carbocycles. The fraction of sp³-hybridized carbons (Fsp3) is 1.00. The van der Waals surface area contributed by atoms with Gasteiger partial charge in [-0.25, -0.2) is 0 Å². The van der Waals surface area contributed by atoms with Gasteiger partial charge in [-0.05, 0) is 6.92 Å². The second kappa shape index (κ2) is 6.97. The van der Waals surface area contributed by atoms with Gasteiger partial charge in [-0.2, -0.15) is 0 Å². The number of aliphatic hydroxyl groups excluding tert-OH is 2. The van der Waals surface area contributed by atoms with Crippen molar-refractivity contribution in [3.8, 4) is 0 Å². The molecule has 2 saturated heterocycles. The summed E-state index contributed by atoms with van der Waals surface area (Å²) >= 11 is 0. The Kier molecular flexibility index (Phi) is 5.56. The summed E-state index contributed by atoms with van der Waals surface area (Å²) < 4.78 is 11.3. The van der Waals surface area contributed by atoms with E-state index in [4.69, 9.17) is 9.47 Å². The van der Waals surface area contributed by atoms with Crippen molar-refractivity contribution in [2.24, 2.45) is 0 Å². The molecule has 2 fully saturated rings. The zero-order valence-electron chi connectivity index (χ0n) is 12.0. The van der Waals surface area contributed by atoms with E-state index >= 15 is 0 Å². The third kappa shape index (κ3) is 4.37. The van der Waals surface area contributed by atoms with Crippen molar-refractivity contribution >= 4 is 0 Å². The monoisotopic (exact) mass is 276 g/mol. The molecule has 4 N–H and O–H groups in total. The van der Waals surface area contributed by atoms with Crippen LogP contribution in [0.5, 0.6) is 0 Å². The Morgan fingerprint density at radius 2 is 1.58 bits per heavy atom. The third-order valence-corrected chi connectivity index (χ3v) is 4.23. The predicted molar refractivity (Wildman–Crippen MR) is 69.1 cm³/mol. The summed E-state index contributed by atoms with van der Waals surface area (Å²) in [5.41, 5.74) is 0. The highest BCUT2D eigenvalue weighted by Crippen LogP contribution is 1.91. The average Bonchev–Trinajstić information content (AvgIpc) is 2.30. The van der Waals surface area contributed by atoms with Crippen LogP contribution in [0.2, 0.25) is 0 Å². The Hall–Kier alpha value is -0.240. The van der Waals surface area contributed by atoms with Crippen molar-refractivity contribution in [1.82, 2.24) is 0 Å². The van der Waals surface area contributed by atoms with Crippen LogP contribution in [0.3, 0.4) is 0 Å². The number of nitrogens with one attached hydrogen (secondary N) is 2. The molecular weight excluding hydrogens is 248 g/mol. The lowest BCUT2D eigenvalue weighted by Gasteiger charge is -2.36. The molecular formula is C13H28N2O4+2. The molecule has 19 heavy (non-hydrogen) atoms. The van der Waals surface area contributed by atoms with Crippen LogP contribution in [0.15, 0.2) is 0 Å². The Morgan fingerprint density at radius 3 is 2.16 bits per heavy atom. The van der Waals surface area contributed by atoms with E-state index in [1.165, 1.54) is 9.80 Å². The second-order valence-electron chi connectivity index (χ2n) is 5.93. The molecule has 0 amide bonds. The summed E-state index contributed by atoms with van der Waals surface area (Å²) in [6.45, 7) is 9.39. The summed E-state index contributed by atoms with van der Waals surface area (Å²) in [6.07, 6.45) is -0.120. The number of hydrogen-bond acceptors (Lipinski definition) is 4. The lowest BCUT2D eigenvalue weighted by atomic mass is 10.1. The van der Waals surface area contributed by atoms with E-state index in [-0.39, 0.29) is 18.4 Å². The summed E-state index contributed by atoms with van der Waals surface area (Å²) in [5, 5.41) is 18.5. The fourth-order valence-electron chi connectivity index (χ4n) is 2.60. The van der Waals surface area contributed by atoms with Crippen molar-refractivity contribution < 1.29 is 29.5 Å². The van der Waals surface area contributed by atoms with Gasteiger partial charge in [0.05, 0.1) is 19.8 Å². The quantitative estimate of drug-likeness (QED) is 0.344. The summed E-state index contributed by atoms with van der Waals surface area (Å²) in [4.78, 5) is 2.72. The van der Waals surface area contributed by atoms with Gasteiger partial charge < -0.3 is 29.5 Å². The van der Waals surface area contributed by atoms with Crippen molar-refractivity contribution in [2.75, 3.05) is 46.0 Å². The van der Waals surface area contributed by atoms with Crippen molar-refractivity contribution in [1.29, 1.82) is 0 Å². The predicted octanol–water partition coefficient (Wildman–Crippen LogP) is -3.73. The maximum absolute atomic E-state index is 9.24. The Labute approximate surface area is 114 Å². The number of hydrogen-bond donors (Lipinski definition) is 4. The molecule has 0 aromatic heterocycles. The van der Waals surface area contributed by atoms with Crippen molar-refractivity contribution in [3.63, 3.8) is 0 Å². The molecule has 0 aliphatic carbocycles. The highest BCUT2D eigenvalue weighted by atomic mass is 16.5. The van der Waals surface area contributed by atoms with Gasteiger partial charge in [0, 0.05) is 6.92 Å². The van der Waals surface area contributed by atoms with Crippen molar-refractivity contribution in [3.05, 3.63) is 0 Å². The number of quaternary nitrogens is 2. The molecule has 2 rings (SSSR count). The minimum absolute atomic E-state index is 0.114. The molecule has 0 radical (unpaired) electrons. The van der Waals surface area contributed by atoms with Crippen LogP contribution in [-0.4, -0.2) is 80.7 Å². The van der Waals surface area contributed by atoms with Crippen LogP contribution in [0.1, 0.15) is 13.8 Å². The minimum atomic E-state index is -0.145. The van der Waals surface area contributed by atoms with E-state index < -0.39 is 0 Å². The summed E-state index contributed by atoms with van der Waals surface area (Å²) in [5.74, 6) is 0. The lowest BCUT2D eigenvalue weighted by molar-refractivity contribution is -0.990. The normalized spacial score (nSPS) is 37.3. The van der Waals surface area contributed by atoms with E-state index in [1.807, 2.05) is 6.92 Å². The maximum atomic E-state index is 9.24. The van der Waals surface area contributed by atoms with Gasteiger partial charge in [0.25, 0.3) is 0 Å². The maximum Gasteiger partial charge on any atom is 0.189 e. The first-order valence-corrected chi connectivity index (χ1v) is 7.31. The highest BCUT2D eigenvalue weighted by Gasteiger charge is 2.34. The first-order chi connectivity index (χ1) is 9.06.